The zero-order chi connectivity index (χ0) is 14.5. The van der Waals surface area contributed by atoms with Gasteiger partial charge in [0, 0.05) is 19.7 Å². The average Bonchev–Trinajstić information content (AvgIpc) is 2.85. The molecule has 110 valence electrons. The van der Waals surface area contributed by atoms with Gasteiger partial charge in [-0.05, 0) is 31.7 Å². The van der Waals surface area contributed by atoms with Gasteiger partial charge in [-0.25, -0.2) is 0 Å². The maximum Gasteiger partial charge on any atom is 0.255 e. The van der Waals surface area contributed by atoms with E-state index in [4.69, 9.17) is 4.74 Å². The van der Waals surface area contributed by atoms with E-state index < -0.39 is 0 Å². The minimum Gasteiger partial charge on any atom is -0.383 e. The smallest absolute Gasteiger partial charge is 0.255 e. The number of nitrogens with zero attached hydrogens (tertiary/aromatic N) is 3. The molecule has 1 aromatic rings. The van der Waals surface area contributed by atoms with Gasteiger partial charge in [-0.3, -0.25) is 4.79 Å². The molecular formula is C15H23N3O2. The molecule has 2 atom stereocenters. The highest BCUT2D eigenvalue weighted by Crippen LogP contribution is 2.30. The van der Waals surface area contributed by atoms with Crippen molar-refractivity contribution in [1.82, 2.24) is 15.1 Å². The van der Waals surface area contributed by atoms with Gasteiger partial charge >= 0.3 is 0 Å². The molecule has 2 rings (SSSR count). The van der Waals surface area contributed by atoms with Crippen LogP contribution in [0.15, 0.2) is 12.3 Å². The van der Waals surface area contributed by atoms with Crippen LogP contribution in [0.5, 0.6) is 0 Å². The van der Waals surface area contributed by atoms with Gasteiger partial charge in [0.1, 0.15) is 0 Å². The van der Waals surface area contributed by atoms with E-state index in [1.54, 1.807) is 19.4 Å². The van der Waals surface area contributed by atoms with Crippen LogP contribution >= 0.6 is 0 Å². The van der Waals surface area contributed by atoms with Gasteiger partial charge in [-0.15, -0.1) is 0 Å². The highest BCUT2D eigenvalue weighted by molar-refractivity contribution is 5.94. The fourth-order valence-electron chi connectivity index (χ4n) is 2.95. The zero-order valence-corrected chi connectivity index (χ0v) is 12.5. The average molecular weight is 277 g/mol. The van der Waals surface area contributed by atoms with Crippen molar-refractivity contribution in [3.05, 3.63) is 23.5 Å². The Morgan fingerprint density at radius 1 is 1.50 bits per heavy atom. The molecule has 1 aliphatic carbocycles. The molecule has 20 heavy (non-hydrogen) atoms. The number of ether oxygens (including phenoxy) is 1. The lowest BCUT2D eigenvalue weighted by Gasteiger charge is -2.31. The minimum atomic E-state index is 0.0406. The molecule has 1 fully saturated rings. The third-order valence-electron chi connectivity index (χ3n) is 4.04. The molecule has 1 heterocycles. The second kappa shape index (κ2) is 6.79. The monoisotopic (exact) mass is 277 g/mol. The van der Waals surface area contributed by atoms with E-state index >= 15 is 0 Å². The van der Waals surface area contributed by atoms with Crippen molar-refractivity contribution in [2.75, 3.05) is 20.3 Å². The van der Waals surface area contributed by atoms with Crippen molar-refractivity contribution in [3.8, 4) is 0 Å². The highest BCUT2D eigenvalue weighted by Gasteiger charge is 2.32. The van der Waals surface area contributed by atoms with Crippen molar-refractivity contribution < 1.29 is 9.53 Å². The Morgan fingerprint density at radius 2 is 2.30 bits per heavy atom. The van der Waals surface area contributed by atoms with E-state index in [0.29, 0.717) is 30.7 Å². The summed E-state index contributed by atoms with van der Waals surface area (Å²) in [6.45, 7) is 5.26. The lowest BCUT2D eigenvalue weighted by Crippen LogP contribution is -2.43. The predicted octanol–water partition coefficient (Wildman–Crippen LogP) is 2.06. The molecular weight excluding hydrogens is 254 g/mol. The summed E-state index contributed by atoms with van der Waals surface area (Å²) in [5.41, 5.74) is 1.38. The first-order chi connectivity index (χ1) is 9.63. The topological polar surface area (TPSA) is 55.3 Å². The summed E-state index contributed by atoms with van der Waals surface area (Å²) in [5.74, 6) is 0.588. The van der Waals surface area contributed by atoms with Crippen LogP contribution in [-0.2, 0) is 4.74 Å². The Labute approximate surface area is 120 Å². The van der Waals surface area contributed by atoms with Crippen LogP contribution in [-0.4, -0.2) is 47.3 Å². The van der Waals surface area contributed by atoms with Crippen molar-refractivity contribution in [1.29, 1.82) is 0 Å². The van der Waals surface area contributed by atoms with Crippen LogP contribution in [0.4, 0.5) is 0 Å². The Balaban J connectivity index is 2.19. The molecule has 5 nitrogen and oxygen atoms in total. The fourth-order valence-corrected chi connectivity index (χ4v) is 2.95. The maximum atomic E-state index is 12.7. The number of carbonyl (C=O) groups excluding carboxylic acids is 1. The summed E-state index contributed by atoms with van der Waals surface area (Å²) in [4.78, 5) is 14.7. The van der Waals surface area contributed by atoms with Gasteiger partial charge in [0.25, 0.3) is 5.91 Å². The molecule has 0 radical (unpaired) electrons. The van der Waals surface area contributed by atoms with Gasteiger partial charge in [0.05, 0.1) is 24.1 Å². The number of hydrogen-bond acceptors (Lipinski definition) is 4. The number of methoxy groups -OCH3 is 1. The van der Waals surface area contributed by atoms with Crippen LogP contribution in [0.25, 0.3) is 0 Å². The molecule has 1 aromatic heterocycles. The van der Waals surface area contributed by atoms with Crippen molar-refractivity contribution in [2.24, 2.45) is 5.92 Å². The van der Waals surface area contributed by atoms with E-state index in [1.165, 1.54) is 12.8 Å². The summed E-state index contributed by atoms with van der Waals surface area (Å²) < 4.78 is 5.16. The van der Waals surface area contributed by atoms with Crippen LogP contribution < -0.4 is 0 Å². The number of aromatic nitrogens is 2. The van der Waals surface area contributed by atoms with Crippen molar-refractivity contribution in [2.45, 2.75) is 39.2 Å². The first kappa shape index (κ1) is 14.9. The molecule has 1 amide bonds. The summed E-state index contributed by atoms with van der Waals surface area (Å²) in [6.07, 6.45) is 5.01. The number of amides is 1. The van der Waals surface area contributed by atoms with Gasteiger partial charge < -0.3 is 9.64 Å². The second-order valence-electron chi connectivity index (χ2n) is 5.55. The van der Waals surface area contributed by atoms with E-state index in [0.717, 1.165) is 12.1 Å². The number of aryl methyl sites for hydroxylation is 1. The van der Waals surface area contributed by atoms with Crippen molar-refractivity contribution in [3.63, 3.8) is 0 Å². The molecule has 0 spiro atoms. The molecule has 1 saturated carbocycles. The summed E-state index contributed by atoms with van der Waals surface area (Å²) in [7, 11) is 1.67. The summed E-state index contributed by atoms with van der Waals surface area (Å²) in [6, 6.07) is 2.11. The number of rotatable bonds is 5. The summed E-state index contributed by atoms with van der Waals surface area (Å²) >= 11 is 0. The largest absolute Gasteiger partial charge is 0.383 e. The number of carbonyl (C=O) groups is 1. The molecule has 0 saturated heterocycles. The molecule has 5 heteroatoms. The first-order valence-electron chi connectivity index (χ1n) is 7.22. The Bertz CT molecular complexity index is 464. The standard InChI is InChI=1S/C15H23N3O2/c1-11-5-4-6-14(11)18(7-8-20-3)15(19)13-9-12(2)17-16-10-13/h9-11,14H,4-8H2,1-3H3. The normalized spacial score (nSPS) is 21.9. The van der Waals surface area contributed by atoms with Crippen LogP contribution in [0.3, 0.4) is 0 Å². The number of hydrogen-bond donors (Lipinski definition) is 0. The van der Waals surface area contributed by atoms with E-state index in [1.807, 2.05) is 11.8 Å². The predicted molar refractivity (Wildman–Crippen MR) is 76.5 cm³/mol. The fraction of sp³-hybridized carbons (Fsp3) is 0.667. The quantitative estimate of drug-likeness (QED) is 0.826. The lowest BCUT2D eigenvalue weighted by molar-refractivity contribution is 0.0560. The third-order valence-corrected chi connectivity index (χ3v) is 4.04. The van der Waals surface area contributed by atoms with Gasteiger partial charge in [-0.1, -0.05) is 13.3 Å². The molecule has 0 aliphatic heterocycles. The van der Waals surface area contributed by atoms with Crippen LogP contribution in [0, 0.1) is 12.8 Å². The molecule has 0 bridgehead atoms. The molecule has 1 aliphatic rings. The van der Waals surface area contributed by atoms with Gasteiger partial charge in [0.15, 0.2) is 0 Å². The lowest BCUT2D eigenvalue weighted by atomic mass is 10.0. The third kappa shape index (κ3) is 3.33. The van der Waals surface area contributed by atoms with Crippen LogP contribution in [0.1, 0.15) is 42.2 Å². The SMILES string of the molecule is COCCN(C(=O)c1cnnc(C)c1)C1CCCC1C. The second-order valence-corrected chi connectivity index (χ2v) is 5.55. The van der Waals surface area contributed by atoms with Gasteiger partial charge in [-0.2, -0.15) is 10.2 Å². The van der Waals surface area contributed by atoms with E-state index in [2.05, 4.69) is 17.1 Å². The summed E-state index contributed by atoms with van der Waals surface area (Å²) in [5, 5.41) is 7.80. The van der Waals surface area contributed by atoms with Crippen molar-refractivity contribution >= 4 is 5.91 Å². The minimum absolute atomic E-state index is 0.0406. The Morgan fingerprint density at radius 3 is 2.90 bits per heavy atom. The van der Waals surface area contributed by atoms with Gasteiger partial charge in [0.2, 0.25) is 0 Å². The Kier molecular flexibility index (Phi) is 5.06. The zero-order valence-electron chi connectivity index (χ0n) is 12.5. The van der Waals surface area contributed by atoms with Crippen LogP contribution in [0.2, 0.25) is 0 Å². The highest BCUT2D eigenvalue weighted by atomic mass is 16.5. The van der Waals surface area contributed by atoms with E-state index in [-0.39, 0.29) is 5.91 Å². The maximum absolute atomic E-state index is 12.7. The molecule has 0 aromatic carbocycles. The molecule has 2 unspecified atom stereocenters. The molecule has 0 N–H and O–H groups in total. The van der Waals surface area contributed by atoms with E-state index in [9.17, 15) is 4.79 Å². The first-order valence-corrected chi connectivity index (χ1v) is 7.22. The Hall–Kier alpha value is -1.49.